The Balaban J connectivity index is 1.64. The van der Waals surface area contributed by atoms with Crippen molar-refractivity contribution in [3.63, 3.8) is 0 Å². The van der Waals surface area contributed by atoms with E-state index in [4.69, 9.17) is 0 Å². The Hall–Kier alpha value is -1.40. The van der Waals surface area contributed by atoms with E-state index in [1.807, 2.05) is 30.9 Å². The molecule has 5 nitrogen and oxygen atoms in total. The zero-order chi connectivity index (χ0) is 18.9. The third kappa shape index (κ3) is 3.96. The number of piperidine rings is 2. The molecule has 0 bridgehead atoms. The summed E-state index contributed by atoms with van der Waals surface area (Å²) in [5, 5.41) is 0. The maximum Gasteiger partial charge on any atom is 0.243 e. The van der Waals surface area contributed by atoms with Crippen LogP contribution in [-0.4, -0.2) is 49.7 Å². The summed E-state index contributed by atoms with van der Waals surface area (Å²) in [5.74, 6) is 0.887. The van der Waals surface area contributed by atoms with Crippen LogP contribution in [-0.2, 0) is 14.8 Å². The van der Waals surface area contributed by atoms with Gasteiger partial charge in [0.05, 0.1) is 4.90 Å². The van der Waals surface area contributed by atoms with E-state index >= 15 is 0 Å². The molecular formula is C20H30N2O3S. The molecule has 2 heterocycles. The highest BCUT2D eigenvalue weighted by Crippen LogP contribution is 2.28. The summed E-state index contributed by atoms with van der Waals surface area (Å²) < 4.78 is 27.6. The van der Waals surface area contributed by atoms with E-state index < -0.39 is 10.0 Å². The summed E-state index contributed by atoms with van der Waals surface area (Å²) in [4.78, 5) is 15.1. The van der Waals surface area contributed by atoms with Crippen molar-refractivity contribution in [2.75, 3.05) is 26.2 Å². The molecule has 26 heavy (non-hydrogen) atoms. The fourth-order valence-electron chi connectivity index (χ4n) is 3.95. The summed E-state index contributed by atoms with van der Waals surface area (Å²) in [7, 11) is -3.49. The topological polar surface area (TPSA) is 57.7 Å². The molecule has 144 valence electrons. The van der Waals surface area contributed by atoms with E-state index in [0.29, 0.717) is 36.7 Å². The lowest BCUT2D eigenvalue weighted by atomic mass is 9.93. The van der Waals surface area contributed by atoms with Crippen molar-refractivity contribution in [1.82, 2.24) is 9.21 Å². The Kier molecular flexibility index (Phi) is 5.72. The molecule has 0 unspecified atom stereocenters. The molecule has 1 amide bonds. The van der Waals surface area contributed by atoms with E-state index in [-0.39, 0.29) is 11.8 Å². The molecule has 0 aromatic heterocycles. The van der Waals surface area contributed by atoms with Gasteiger partial charge in [0.1, 0.15) is 0 Å². The lowest BCUT2D eigenvalue weighted by Crippen LogP contribution is -2.46. The molecule has 0 N–H and O–H groups in total. The van der Waals surface area contributed by atoms with Crippen LogP contribution in [0, 0.1) is 25.7 Å². The van der Waals surface area contributed by atoms with E-state index in [1.54, 1.807) is 10.4 Å². The summed E-state index contributed by atoms with van der Waals surface area (Å²) in [5.41, 5.74) is 1.72. The molecule has 1 aromatic rings. The number of sulfonamides is 1. The molecule has 1 aromatic carbocycles. The second-order valence-corrected chi connectivity index (χ2v) is 9.86. The van der Waals surface area contributed by atoms with Crippen LogP contribution in [0.5, 0.6) is 0 Å². The number of nitrogens with zero attached hydrogens (tertiary/aromatic N) is 2. The quantitative estimate of drug-likeness (QED) is 0.812. The number of benzene rings is 1. The maximum atomic E-state index is 13.0. The number of hydrogen-bond donors (Lipinski definition) is 0. The van der Waals surface area contributed by atoms with Gasteiger partial charge in [0, 0.05) is 32.1 Å². The first-order valence-corrected chi connectivity index (χ1v) is 11.1. The van der Waals surface area contributed by atoms with Crippen LogP contribution >= 0.6 is 0 Å². The number of aryl methyl sites for hydroxylation is 2. The fourth-order valence-corrected chi connectivity index (χ4v) is 5.73. The first-order chi connectivity index (χ1) is 12.3. The maximum absolute atomic E-state index is 13.0. The van der Waals surface area contributed by atoms with Crippen molar-refractivity contribution >= 4 is 15.9 Å². The number of rotatable bonds is 3. The molecule has 2 fully saturated rings. The minimum Gasteiger partial charge on any atom is -0.342 e. The van der Waals surface area contributed by atoms with Gasteiger partial charge < -0.3 is 4.90 Å². The van der Waals surface area contributed by atoms with Gasteiger partial charge in [-0.1, -0.05) is 19.1 Å². The molecule has 6 heteroatoms. The first-order valence-electron chi connectivity index (χ1n) is 9.65. The first kappa shape index (κ1) is 19.4. The Labute approximate surface area is 157 Å². The molecule has 2 aliphatic rings. The van der Waals surface area contributed by atoms with Crippen LogP contribution in [0.4, 0.5) is 0 Å². The van der Waals surface area contributed by atoms with Crippen molar-refractivity contribution in [3.05, 3.63) is 29.3 Å². The normalized spacial score (nSPS) is 21.1. The SMILES string of the molecule is Cc1ccc(C)c(S(=O)(=O)N2CCC(C(=O)N3CCC(C)CC3)CC2)c1. The largest absolute Gasteiger partial charge is 0.342 e. The van der Waals surface area contributed by atoms with Crippen LogP contribution in [0.1, 0.15) is 43.7 Å². The molecule has 0 saturated carbocycles. The Morgan fingerprint density at radius 3 is 2.23 bits per heavy atom. The van der Waals surface area contributed by atoms with Crippen LogP contribution in [0.3, 0.4) is 0 Å². The summed E-state index contributed by atoms with van der Waals surface area (Å²) in [6.45, 7) is 8.52. The summed E-state index contributed by atoms with van der Waals surface area (Å²) in [6, 6.07) is 5.53. The van der Waals surface area contributed by atoms with Gasteiger partial charge in [0.25, 0.3) is 0 Å². The highest BCUT2D eigenvalue weighted by Gasteiger charge is 2.35. The molecule has 0 aliphatic carbocycles. The number of likely N-dealkylation sites (tertiary alicyclic amines) is 1. The molecule has 0 atom stereocenters. The predicted molar refractivity (Wildman–Crippen MR) is 102 cm³/mol. The second kappa shape index (κ2) is 7.69. The number of hydrogen-bond acceptors (Lipinski definition) is 3. The number of amides is 1. The van der Waals surface area contributed by atoms with Crippen LogP contribution in [0.15, 0.2) is 23.1 Å². The minimum atomic E-state index is -3.49. The monoisotopic (exact) mass is 378 g/mol. The van der Waals surface area contributed by atoms with Gasteiger partial charge in [-0.05, 0) is 62.6 Å². The molecule has 0 spiro atoms. The third-order valence-electron chi connectivity index (χ3n) is 5.86. The molecule has 2 saturated heterocycles. The smallest absolute Gasteiger partial charge is 0.243 e. The number of carbonyl (C=O) groups excluding carboxylic acids is 1. The Bertz CT molecular complexity index is 759. The highest BCUT2D eigenvalue weighted by atomic mass is 32.2. The van der Waals surface area contributed by atoms with Crippen molar-refractivity contribution in [1.29, 1.82) is 0 Å². The van der Waals surface area contributed by atoms with Gasteiger partial charge in [-0.15, -0.1) is 0 Å². The van der Waals surface area contributed by atoms with Gasteiger partial charge in [0.2, 0.25) is 15.9 Å². The molecule has 0 radical (unpaired) electrons. The minimum absolute atomic E-state index is 0.0338. The van der Waals surface area contributed by atoms with Gasteiger partial charge in [0.15, 0.2) is 0 Å². The van der Waals surface area contributed by atoms with E-state index in [9.17, 15) is 13.2 Å². The van der Waals surface area contributed by atoms with Crippen LogP contribution < -0.4 is 0 Å². The van der Waals surface area contributed by atoms with E-state index in [2.05, 4.69) is 6.92 Å². The molecule has 3 rings (SSSR count). The zero-order valence-corrected chi connectivity index (χ0v) is 16.9. The van der Waals surface area contributed by atoms with Crippen LogP contribution in [0.25, 0.3) is 0 Å². The van der Waals surface area contributed by atoms with Crippen molar-refractivity contribution in [3.8, 4) is 0 Å². The number of carbonyl (C=O) groups is 1. The average molecular weight is 379 g/mol. The fraction of sp³-hybridized carbons (Fsp3) is 0.650. The van der Waals surface area contributed by atoms with Crippen LogP contribution in [0.2, 0.25) is 0 Å². The Morgan fingerprint density at radius 1 is 1.00 bits per heavy atom. The Morgan fingerprint density at radius 2 is 1.62 bits per heavy atom. The summed E-state index contributed by atoms with van der Waals surface area (Å²) in [6.07, 6.45) is 3.39. The lowest BCUT2D eigenvalue weighted by molar-refractivity contribution is -0.138. The van der Waals surface area contributed by atoms with E-state index in [1.165, 1.54) is 0 Å². The van der Waals surface area contributed by atoms with Gasteiger partial charge >= 0.3 is 0 Å². The van der Waals surface area contributed by atoms with Gasteiger partial charge in [-0.2, -0.15) is 4.31 Å². The zero-order valence-electron chi connectivity index (χ0n) is 16.1. The highest BCUT2D eigenvalue weighted by molar-refractivity contribution is 7.89. The van der Waals surface area contributed by atoms with Crippen molar-refractivity contribution in [2.45, 2.75) is 51.3 Å². The predicted octanol–water partition coefficient (Wildman–Crippen LogP) is 2.96. The third-order valence-corrected chi connectivity index (χ3v) is 7.90. The second-order valence-electron chi connectivity index (χ2n) is 7.96. The van der Waals surface area contributed by atoms with Crippen molar-refractivity contribution in [2.24, 2.45) is 11.8 Å². The van der Waals surface area contributed by atoms with Gasteiger partial charge in [-0.25, -0.2) is 8.42 Å². The average Bonchev–Trinajstić information content (AvgIpc) is 2.64. The lowest BCUT2D eigenvalue weighted by Gasteiger charge is -2.36. The van der Waals surface area contributed by atoms with Crippen molar-refractivity contribution < 1.29 is 13.2 Å². The standard InChI is InChI=1S/C20H30N2O3S/c1-15-6-10-21(11-7-15)20(23)18-8-12-22(13-9-18)26(24,25)19-14-16(2)4-5-17(19)3/h4-5,14-15,18H,6-13H2,1-3H3. The summed E-state index contributed by atoms with van der Waals surface area (Å²) >= 11 is 0. The molecule has 2 aliphatic heterocycles. The van der Waals surface area contributed by atoms with E-state index in [0.717, 1.165) is 37.1 Å². The van der Waals surface area contributed by atoms with Gasteiger partial charge in [-0.3, -0.25) is 4.79 Å². The molecular weight excluding hydrogens is 348 g/mol.